The second kappa shape index (κ2) is 6.59. The average molecular weight is 355 g/mol. The molecule has 0 bridgehead atoms. The molecule has 0 spiro atoms. The molecule has 1 aliphatic rings. The lowest BCUT2D eigenvalue weighted by Crippen LogP contribution is -2.31. The molecule has 1 N–H and O–H groups in total. The molecular weight excluding hydrogens is 334 g/mol. The van der Waals surface area contributed by atoms with Gasteiger partial charge in [-0.15, -0.1) is 0 Å². The molecule has 5 nitrogen and oxygen atoms in total. The molecule has 5 heteroatoms. The summed E-state index contributed by atoms with van der Waals surface area (Å²) < 4.78 is 0. The van der Waals surface area contributed by atoms with Crippen LogP contribution in [0.3, 0.4) is 0 Å². The van der Waals surface area contributed by atoms with Crippen LogP contribution in [0.25, 0.3) is 22.3 Å². The van der Waals surface area contributed by atoms with Gasteiger partial charge in [-0.05, 0) is 48.7 Å². The van der Waals surface area contributed by atoms with Crippen molar-refractivity contribution in [2.45, 2.75) is 26.4 Å². The van der Waals surface area contributed by atoms with Gasteiger partial charge >= 0.3 is 0 Å². The average Bonchev–Trinajstić information content (AvgIpc) is 3.10. The first kappa shape index (κ1) is 16.1. The minimum absolute atomic E-state index is 0.756. The Bertz CT molecular complexity index is 1100. The van der Waals surface area contributed by atoms with Crippen LogP contribution in [0.15, 0.2) is 55.1 Å². The second-order valence-electron chi connectivity index (χ2n) is 7.23. The van der Waals surface area contributed by atoms with Crippen LogP contribution in [-0.2, 0) is 19.5 Å². The monoisotopic (exact) mass is 355 g/mol. The van der Waals surface area contributed by atoms with Crippen LogP contribution in [-0.4, -0.2) is 31.4 Å². The van der Waals surface area contributed by atoms with E-state index in [1.165, 1.54) is 27.6 Å². The highest BCUT2D eigenvalue weighted by Gasteiger charge is 2.20. The number of benzene rings is 1. The van der Waals surface area contributed by atoms with Gasteiger partial charge in [-0.3, -0.25) is 9.88 Å². The fourth-order valence-corrected chi connectivity index (χ4v) is 3.79. The van der Waals surface area contributed by atoms with E-state index in [0.717, 1.165) is 43.1 Å². The normalized spacial score (nSPS) is 14.4. The number of fused-ring (bicyclic) bond motifs is 2. The van der Waals surface area contributed by atoms with E-state index in [-0.39, 0.29) is 0 Å². The van der Waals surface area contributed by atoms with Gasteiger partial charge in [0.2, 0.25) is 0 Å². The number of hydrogen-bond donors (Lipinski definition) is 1. The Kier molecular flexibility index (Phi) is 3.94. The van der Waals surface area contributed by atoms with Crippen LogP contribution >= 0.6 is 0 Å². The van der Waals surface area contributed by atoms with Crippen molar-refractivity contribution in [1.29, 1.82) is 0 Å². The van der Waals surface area contributed by atoms with Crippen molar-refractivity contribution in [3.63, 3.8) is 0 Å². The van der Waals surface area contributed by atoms with Crippen molar-refractivity contribution in [3.8, 4) is 11.4 Å². The first-order valence-corrected chi connectivity index (χ1v) is 9.30. The number of nitrogens with zero attached hydrogens (tertiary/aromatic N) is 4. The van der Waals surface area contributed by atoms with Crippen molar-refractivity contribution < 1.29 is 0 Å². The van der Waals surface area contributed by atoms with Gasteiger partial charge < -0.3 is 4.98 Å². The minimum atomic E-state index is 0.756. The molecule has 0 aliphatic carbocycles. The molecule has 134 valence electrons. The molecule has 0 saturated heterocycles. The largest absolute Gasteiger partial charge is 0.361 e. The molecular formula is C22H21N5. The molecule has 0 saturated carbocycles. The number of aromatic nitrogens is 4. The van der Waals surface area contributed by atoms with Gasteiger partial charge in [0.1, 0.15) is 0 Å². The lowest BCUT2D eigenvalue weighted by atomic mass is 10.0. The lowest BCUT2D eigenvalue weighted by Gasteiger charge is -2.27. The third kappa shape index (κ3) is 3.11. The molecule has 3 aromatic heterocycles. The molecule has 27 heavy (non-hydrogen) atoms. The van der Waals surface area contributed by atoms with Crippen LogP contribution in [0, 0.1) is 6.92 Å². The maximum absolute atomic E-state index is 4.84. The Morgan fingerprint density at radius 1 is 1.19 bits per heavy atom. The van der Waals surface area contributed by atoms with Crippen molar-refractivity contribution in [2.24, 2.45) is 0 Å². The van der Waals surface area contributed by atoms with Gasteiger partial charge in [-0.25, -0.2) is 9.97 Å². The summed E-state index contributed by atoms with van der Waals surface area (Å²) in [7, 11) is 0. The highest BCUT2D eigenvalue weighted by Crippen LogP contribution is 2.25. The smallest absolute Gasteiger partial charge is 0.160 e. The molecule has 1 aliphatic heterocycles. The van der Waals surface area contributed by atoms with Gasteiger partial charge in [0.25, 0.3) is 0 Å². The number of rotatable bonds is 3. The fourth-order valence-electron chi connectivity index (χ4n) is 3.79. The van der Waals surface area contributed by atoms with Crippen molar-refractivity contribution in [1.82, 2.24) is 24.8 Å². The van der Waals surface area contributed by atoms with E-state index in [0.29, 0.717) is 0 Å². The molecule has 0 atom stereocenters. The maximum atomic E-state index is 4.84. The standard InChI is InChI=1S/C22H21N5/c1-15-4-5-20-19(9-15)18(12-24-20)13-27-8-6-16-11-25-22(26-21(16)14-27)17-3-2-7-23-10-17/h2-5,7,9-12,24H,6,8,13-14H2,1H3. The minimum Gasteiger partial charge on any atom is -0.361 e. The topological polar surface area (TPSA) is 57.7 Å². The summed E-state index contributed by atoms with van der Waals surface area (Å²) in [6.07, 6.45) is 8.70. The van der Waals surface area contributed by atoms with Crippen LogP contribution in [0.1, 0.15) is 22.4 Å². The summed E-state index contributed by atoms with van der Waals surface area (Å²) in [5.41, 5.74) is 7.19. The highest BCUT2D eigenvalue weighted by atomic mass is 15.1. The zero-order valence-electron chi connectivity index (χ0n) is 15.3. The summed E-state index contributed by atoms with van der Waals surface area (Å²) in [6, 6.07) is 10.5. The molecule has 0 unspecified atom stereocenters. The van der Waals surface area contributed by atoms with Crippen LogP contribution < -0.4 is 0 Å². The first-order valence-electron chi connectivity index (χ1n) is 9.30. The van der Waals surface area contributed by atoms with Crippen molar-refractivity contribution in [3.05, 3.63) is 77.5 Å². The van der Waals surface area contributed by atoms with E-state index in [2.05, 4.69) is 51.2 Å². The quantitative estimate of drug-likeness (QED) is 0.606. The summed E-state index contributed by atoms with van der Waals surface area (Å²) in [6.45, 7) is 4.95. The third-order valence-corrected chi connectivity index (χ3v) is 5.26. The van der Waals surface area contributed by atoms with E-state index < -0.39 is 0 Å². The molecule has 5 rings (SSSR count). The Balaban J connectivity index is 1.41. The Labute approximate surface area is 158 Å². The van der Waals surface area contributed by atoms with E-state index in [1.54, 1.807) is 6.20 Å². The van der Waals surface area contributed by atoms with Crippen molar-refractivity contribution >= 4 is 10.9 Å². The lowest BCUT2D eigenvalue weighted by molar-refractivity contribution is 0.242. The number of hydrogen-bond acceptors (Lipinski definition) is 4. The highest BCUT2D eigenvalue weighted by molar-refractivity contribution is 5.83. The van der Waals surface area contributed by atoms with Gasteiger partial charge in [-0.1, -0.05) is 11.6 Å². The van der Waals surface area contributed by atoms with Crippen LogP contribution in [0.4, 0.5) is 0 Å². The number of pyridine rings is 1. The number of H-pyrrole nitrogens is 1. The Morgan fingerprint density at radius 3 is 3.04 bits per heavy atom. The summed E-state index contributed by atoms with van der Waals surface area (Å²) in [4.78, 5) is 19.4. The summed E-state index contributed by atoms with van der Waals surface area (Å²) in [5, 5.41) is 1.32. The van der Waals surface area contributed by atoms with E-state index in [4.69, 9.17) is 4.98 Å². The molecule has 0 fully saturated rings. The molecule has 4 aromatic rings. The predicted octanol–water partition coefficient (Wildman–Crippen LogP) is 3.89. The SMILES string of the molecule is Cc1ccc2[nH]cc(CN3CCc4cnc(-c5cccnc5)nc4C3)c2c1. The fraction of sp³-hybridized carbons (Fsp3) is 0.227. The summed E-state index contributed by atoms with van der Waals surface area (Å²) >= 11 is 0. The molecule has 0 radical (unpaired) electrons. The van der Waals surface area contributed by atoms with Crippen LogP contribution in [0.5, 0.6) is 0 Å². The number of aromatic amines is 1. The van der Waals surface area contributed by atoms with Gasteiger partial charge in [0.15, 0.2) is 5.82 Å². The zero-order chi connectivity index (χ0) is 18.2. The zero-order valence-corrected chi connectivity index (χ0v) is 15.3. The number of aryl methyl sites for hydroxylation is 1. The van der Waals surface area contributed by atoms with E-state index >= 15 is 0 Å². The van der Waals surface area contributed by atoms with Gasteiger partial charge in [-0.2, -0.15) is 0 Å². The van der Waals surface area contributed by atoms with Crippen molar-refractivity contribution in [2.75, 3.05) is 6.54 Å². The third-order valence-electron chi connectivity index (χ3n) is 5.26. The second-order valence-corrected chi connectivity index (χ2v) is 7.23. The van der Waals surface area contributed by atoms with E-state index in [1.807, 2.05) is 24.5 Å². The summed E-state index contributed by atoms with van der Waals surface area (Å²) in [5.74, 6) is 0.756. The maximum Gasteiger partial charge on any atom is 0.160 e. The van der Waals surface area contributed by atoms with Gasteiger partial charge in [0, 0.05) is 60.9 Å². The molecule has 4 heterocycles. The molecule has 0 amide bonds. The number of nitrogens with one attached hydrogen (secondary N) is 1. The first-order chi connectivity index (χ1) is 13.3. The Hall–Kier alpha value is -3.05. The molecule has 1 aromatic carbocycles. The van der Waals surface area contributed by atoms with Gasteiger partial charge in [0.05, 0.1) is 5.69 Å². The van der Waals surface area contributed by atoms with Crippen LogP contribution in [0.2, 0.25) is 0 Å². The predicted molar refractivity (Wildman–Crippen MR) is 106 cm³/mol. The van der Waals surface area contributed by atoms with E-state index in [9.17, 15) is 0 Å². The Morgan fingerprint density at radius 2 is 2.15 bits per heavy atom.